The van der Waals surface area contributed by atoms with Gasteiger partial charge in [-0.25, -0.2) is 0 Å². The van der Waals surface area contributed by atoms with Gasteiger partial charge in [0, 0.05) is 41.5 Å². The van der Waals surface area contributed by atoms with Crippen molar-refractivity contribution >= 4 is 40.1 Å². The summed E-state index contributed by atoms with van der Waals surface area (Å²) in [5.41, 5.74) is 6.31. The number of anilines is 1. The van der Waals surface area contributed by atoms with Gasteiger partial charge in [-0.2, -0.15) is 0 Å². The molecule has 164 valence electrons. The molecule has 32 heavy (non-hydrogen) atoms. The molecule has 1 saturated heterocycles. The molecule has 2 amide bonds. The minimum Gasteiger partial charge on any atom is -0.348 e. The molecular weight excluding hydrogens is 515 g/mol. The molecule has 1 aliphatic heterocycles. The number of pyridine rings is 1. The first-order chi connectivity index (χ1) is 15.5. The minimum atomic E-state index is -0.180. The molecule has 1 aromatic heterocycles. The molecule has 0 spiro atoms. The van der Waals surface area contributed by atoms with Crippen molar-refractivity contribution in [2.75, 3.05) is 24.5 Å². The predicted molar refractivity (Wildman–Crippen MR) is 135 cm³/mol. The number of rotatable bonds is 6. The topological polar surface area (TPSA) is 74.3 Å². The lowest BCUT2D eigenvalue weighted by molar-refractivity contribution is -0.118. The van der Waals surface area contributed by atoms with Gasteiger partial charge in [0.15, 0.2) is 0 Å². The van der Waals surface area contributed by atoms with Crippen LogP contribution < -0.4 is 15.5 Å². The zero-order chi connectivity index (χ0) is 22.5. The average Bonchev–Trinajstić information content (AvgIpc) is 2.83. The Morgan fingerprint density at radius 1 is 1.12 bits per heavy atom. The van der Waals surface area contributed by atoms with Crippen molar-refractivity contribution in [2.45, 2.75) is 17.9 Å². The highest BCUT2D eigenvalue weighted by atomic mass is 127. The van der Waals surface area contributed by atoms with E-state index in [9.17, 15) is 9.59 Å². The lowest BCUT2D eigenvalue weighted by atomic mass is 10.00. The summed E-state index contributed by atoms with van der Waals surface area (Å²) in [6.07, 6.45) is 1.79. The highest BCUT2D eigenvalue weighted by molar-refractivity contribution is 14.1. The van der Waals surface area contributed by atoms with Gasteiger partial charge in [-0.15, -0.1) is 0 Å². The van der Waals surface area contributed by atoms with Crippen LogP contribution in [-0.4, -0.2) is 36.4 Å². The third-order valence-electron chi connectivity index (χ3n) is 5.44. The number of aromatic nitrogens is 1. The second-order valence-corrected chi connectivity index (χ2v) is 8.59. The zero-order valence-corrected chi connectivity index (χ0v) is 20.1. The van der Waals surface area contributed by atoms with Gasteiger partial charge in [-0.1, -0.05) is 58.5 Å². The molecule has 0 aliphatic carbocycles. The highest BCUT2D eigenvalue weighted by Crippen LogP contribution is 2.28. The van der Waals surface area contributed by atoms with Crippen molar-refractivity contribution in [1.82, 2.24) is 15.6 Å². The number of nitrogens with one attached hydrogen (secondary N) is 2. The molecule has 3 aromatic rings. The van der Waals surface area contributed by atoms with E-state index in [-0.39, 0.29) is 11.8 Å². The van der Waals surface area contributed by atoms with E-state index >= 15 is 0 Å². The van der Waals surface area contributed by atoms with E-state index < -0.39 is 0 Å². The third-order valence-corrected chi connectivity index (χ3v) is 6.22. The Kier molecular flexibility index (Phi) is 7.16. The van der Waals surface area contributed by atoms with Gasteiger partial charge >= 0.3 is 0 Å². The minimum absolute atomic E-state index is 0.00471. The summed E-state index contributed by atoms with van der Waals surface area (Å²) in [6.45, 7) is 4.04. The molecule has 0 bridgehead atoms. The Balaban J connectivity index is 1.62. The number of hydrogen-bond donors (Lipinski definition) is 2. The van der Waals surface area contributed by atoms with Crippen LogP contribution in [-0.2, 0) is 15.8 Å². The smallest absolute Gasteiger partial charge is 0.251 e. The number of alkyl halides is 1. The van der Waals surface area contributed by atoms with Crippen LogP contribution in [0.25, 0.3) is 11.1 Å². The molecule has 0 atom stereocenters. The van der Waals surface area contributed by atoms with E-state index in [1.54, 1.807) is 17.2 Å². The number of benzene rings is 2. The second-order valence-electron chi connectivity index (χ2n) is 7.83. The SMILES string of the molecule is Cc1ccc(-c2cc(C(=O)NCc3ccc(CI)nc3)cc(N3CCNCC3=O)c2)cc1. The van der Waals surface area contributed by atoms with Crippen LogP contribution in [0.5, 0.6) is 0 Å². The summed E-state index contributed by atoms with van der Waals surface area (Å²) in [4.78, 5) is 31.7. The summed E-state index contributed by atoms with van der Waals surface area (Å²) in [7, 11) is 0. The predicted octanol–water partition coefficient (Wildman–Crippen LogP) is 3.86. The molecule has 2 heterocycles. The van der Waals surface area contributed by atoms with Crippen LogP contribution in [0.3, 0.4) is 0 Å². The third kappa shape index (κ3) is 5.34. The Hall–Kier alpha value is -2.78. The number of carbonyl (C=O) groups is 2. The van der Waals surface area contributed by atoms with E-state index in [4.69, 9.17) is 0 Å². The van der Waals surface area contributed by atoms with Gasteiger partial charge in [0.2, 0.25) is 5.91 Å². The largest absolute Gasteiger partial charge is 0.348 e. The molecule has 2 N–H and O–H groups in total. The van der Waals surface area contributed by atoms with Gasteiger partial charge in [0.1, 0.15) is 0 Å². The van der Waals surface area contributed by atoms with Crippen LogP contribution in [0.15, 0.2) is 60.8 Å². The summed E-state index contributed by atoms with van der Waals surface area (Å²) >= 11 is 2.27. The molecule has 7 heteroatoms. The molecule has 2 aromatic carbocycles. The van der Waals surface area contributed by atoms with Gasteiger partial charge in [0.05, 0.1) is 12.2 Å². The number of nitrogens with zero attached hydrogens (tertiary/aromatic N) is 2. The van der Waals surface area contributed by atoms with Crippen LogP contribution >= 0.6 is 22.6 Å². The molecule has 0 unspecified atom stereocenters. The van der Waals surface area contributed by atoms with Crippen LogP contribution in [0.1, 0.15) is 27.2 Å². The molecule has 4 rings (SSSR count). The first kappa shape index (κ1) is 22.4. The number of aryl methyl sites for hydroxylation is 1. The van der Waals surface area contributed by atoms with E-state index in [0.717, 1.165) is 39.0 Å². The summed E-state index contributed by atoms with van der Waals surface area (Å²) in [6, 6.07) is 17.8. The molecular formula is C25H25IN4O2. The van der Waals surface area contributed by atoms with Crippen molar-refractivity contribution in [2.24, 2.45) is 0 Å². The lowest BCUT2D eigenvalue weighted by Crippen LogP contribution is -2.48. The van der Waals surface area contributed by atoms with Crippen molar-refractivity contribution in [3.63, 3.8) is 0 Å². The fraction of sp³-hybridized carbons (Fsp3) is 0.240. The number of carbonyl (C=O) groups excluding carboxylic acids is 2. The van der Waals surface area contributed by atoms with Crippen molar-refractivity contribution < 1.29 is 9.59 Å². The second kappa shape index (κ2) is 10.2. The normalized spacial score (nSPS) is 13.8. The Bertz CT molecular complexity index is 1110. The standard InChI is InChI=1S/C25H25IN4O2/c1-17-2-5-19(6-3-17)20-10-21(12-23(11-20)30-9-8-27-16-24(30)31)25(32)29-15-18-4-7-22(13-26)28-14-18/h2-7,10-12,14,27H,8-9,13,15-16H2,1H3,(H,29,32). The Labute approximate surface area is 201 Å². The van der Waals surface area contributed by atoms with Gasteiger partial charge < -0.3 is 15.5 Å². The first-order valence-corrected chi connectivity index (χ1v) is 12.1. The lowest BCUT2D eigenvalue weighted by Gasteiger charge is -2.28. The van der Waals surface area contributed by atoms with Gasteiger partial charge in [0.25, 0.3) is 5.91 Å². The first-order valence-electron chi connectivity index (χ1n) is 10.5. The number of piperazine rings is 1. The summed E-state index contributed by atoms with van der Waals surface area (Å²) in [5, 5.41) is 6.08. The van der Waals surface area contributed by atoms with E-state index in [1.165, 1.54) is 5.56 Å². The quantitative estimate of drug-likeness (QED) is 0.368. The van der Waals surface area contributed by atoms with Gasteiger partial charge in [-0.3, -0.25) is 14.6 Å². The Morgan fingerprint density at radius 2 is 1.94 bits per heavy atom. The maximum Gasteiger partial charge on any atom is 0.251 e. The van der Waals surface area contributed by atoms with E-state index in [1.807, 2.05) is 55.5 Å². The maximum atomic E-state index is 13.0. The highest BCUT2D eigenvalue weighted by Gasteiger charge is 2.21. The molecule has 0 saturated carbocycles. The van der Waals surface area contributed by atoms with Crippen molar-refractivity contribution in [3.8, 4) is 11.1 Å². The Morgan fingerprint density at radius 3 is 2.62 bits per heavy atom. The van der Waals surface area contributed by atoms with Crippen LogP contribution in [0.4, 0.5) is 5.69 Å². The van der Waals surface area contributed by atoms with Crippen LogP contribution in [0, 0.1) is 6.92 Å². The van der Waals surface area contributed by atoms with Crippen molar-refractivity contribution in [3.05, 3.63) is 83.2 Å². The van der Waals surface area contributed by atoms with E-state index in [0.29, 0.717) is 25.2 Å². The average molecular weight is 540 g/mol. The number of halogens is 1. The monoisotopic (exact) mass is 540 g/mol. The van der Waals surface area contributed by atoms with Gasteiger partial charge in [-0.05, 0) is 47.9 Å². The van der Waals surface area contributed by atoms with Crippen LogP contribution in [0.2, 0.25) is 0 Å². The zero-order valence-electron chi connectivity index (χ0n) is 17.9. The molecule has 1 fully saturated rings. The summed E-state index contributed by atoms with van der Waals surface area (Å²) < 4.78 is 0.851. The fourth-order valence-corrected chi connectivity index (χ4v) is 4.06. The van der Waals surface area contributed by atoms with E-state index in [2.05, 4.69) is 38.2 Å². The fourth-order valence-electron chi connectivity index (χ4n) is 3.61. The maximum absolute atomic E-state index is 13.0. The number of hydrogen-bond acceptors (Lipinski definition) is 4. The number of amides is 2. The molecule has 6 nitrogen and oxygen atoms in total. The summed E-state index contributed by atoms with van der Waals surface area (Å²) in [5.74, 6) is -0.175. The molecule has 1 aliphatic rings. The van der Waals surface area contributed by atoms with Crippen molar-refractivity contribution in [1.29, 1.82) is 0 Å². The molecule has 0 radical (unpaired) electrons.